The molecule has 31 heavy (non-hydrogen) atoms. The monoisotopic (exact) mass is 426 g/mol. The van der Waals surface area contributed by atoms with E-state index in [0.717, 1.165) is 33.6 Å². The van der Waals surface area contributed by atoms with Gasteiger partial charge in [0.2, 0.25) is 12.4 Å². The minimum atomic E-state index is -6.00. The van der Waals surface area contributed by atoms with Crippen LogP contribution in [0.1, 0.15) is 5.56 Å². The van der Waals surface area contributed by atoms with Crippen LogP contribution < -0.4 is 10.0 Å². The first kappa shape index (κ1) is 22.0. The lowest BCUT2D eigenvalue weighted by Gasteiger charge is -2.05. The van der Waals surface area contributed by atoms with Gasteiger partial charge in [-0.3, -0.25) is 0 Å². The fraction of sp³-hybridized carbons (Fsp3) is 0.0435. The van der Waals surface area contributed by atoms with E-state index in [4.69, 9.17) is 9.52 Å². The van der Waals surface area contributed by atoms with Crippen molar-refractivity contribution in [2.24, 2.45) is 5.10 Å². The maximum absolute atomic E-state index is 9.75. The smallest absolute Gasteiger partial charge is 0.456 e. The first-order valence-corrected chi connectivity index (χ1v) is 9.44. The normalized spacial score (nSPS) is 10.7. The molecule has 8 heteroatoms. The van der Waals surface area contributed by atoms with Gasteiger partial charge in [0.05, 0.1) is 0 Å². The minimum Gasteiger partial charge on any atom is -0.456 e. The van der Waals surface area contributed by atoms with E-state index in [1.807, 2.05) is 95.9 Å². The topological polar surface area (TPSA) is 29.4 Å². The van der Waals surface area contributed by atoms with Crippen LogP contribution in [0.2, 0.25) is 0 Å². The summed E-state index contributed by atoms with van der Waals surface area (Å²) in [6.45, 7) is 2.05. The van der Waals surface area contributed by atoms with Crippen molar-refractivity contribution in [3.05, 3.63) is 108 Å². The fourth-order valence-electron chi connectivity index (χ4n) is 2.81. The molecule has 0 bridgehead atoms. The molecule has 0 atom stereocenters. The summed E-state index contributed by atoms with van der Waals surface area (Å²) in [6, 6.07) is 28.2. The van der Waals surface area contributed by atoms with Gasteiger partial charge in [0.15, 0.2) is 0 Å². The number of aromatic nitrogens is 1. The summed E-state index contributed by atoms with van der Waals surface area (Å²) in [4.78, 5) is 0. The molecule has 0 amide bonds. The molecule has 0 spiro atoms. The first-order chi connectivity index (χ1) is 14.8. The van der Waals surface area contributed by atoms with Crippen LogP contribution in [0, 0.1) is 6.92 Å². The fourth-order valence-corrected chi connectivity index (χ4v) is 2.81. The van der Waals surface area contributed by atoms with Gasteiger partial charge in [-0.15, -0.1) is 0 Å². The highest BCUT2D eigenvalue weighted by molar-refractivity contribution is 6.50. The highest BCUT2D eigenvalue weighted by Crippen LogP contribution is 2.24. The van der Waals surface area contributed by atoms with E-state index in [9.17, 15) is 17.3 Å². The Bertz CT molecular complexity index is 1130. The first-order valence-electron chi connectivity index (χ1n) is 9.44. The van der Waals surface area contributed by atoms with Crippen LogP contribution in [-0.4, -0.2) is 7.25 Å². The molecule has 2 aromatic heterocycles. The Morgan fingerprint density at radius 1 is 0.742 bits per heavy atom. The van der Waals surface area contributed by atoms with Gasteiger partial charge in [-0.1, -0.05) is 65.3 Å². The van der Waals surface area contributed by atoms with E-state index >= 15 is 0 Å². The molecule has 4 rings (SSSR count). The molecule has 4 aromatic rings. The standard InChI is InChI=1S/C23H19N2O.BF4/c1-18-9-8-14-25(17-18)24-21-15-22(19-10-4-2-5-11-19)26-23(16-21)20-12-6-3-7-13-20;2-1(3,4)5/h2-17H,1H3;/q+1;-1. The maximum atomic E-state index is 9.75. The van der Waals surface area contributed by atoms with Gasteiger partial charge >= 0.3 is 7.25 Å². The molecule has 0 saturated heterocycles. The van der Waals surface area contributed by atoms with Crippen LogP contribution in [0.25, 0.3) is 22.6 Å². The summed E-state index contributed by atoms with van der Waals surface area (Å²) < 4.78 is 47.0. The quantitative estimate of drug-likeness (QED) is 0.229. The van der Waals surface area contributed by atoms with Gasteiger partial charge in [-0.05, 0) is 13.0 Å². The van der Waals surface area contributed by atoms with Crippen molar-refractivity contribution in [3.8, 4) is 22.6 Å². The van der Waals surface area contributed by atoms with Crippen molar-refractivity contribution in [1.82, 2.24) is 0 Å². The van der Waals surface area contributed by atoms with Crippen LogP contribution in [0.15, 0.2) is 107 Å². The Kier molecular flexibility index (Phi) is 7.02. The number of benzene rings is 2. The largest absolute Gasteiger partial charge is 0.673 e. The third-order valence-electron chi connectivity index (χ3n) is 4.06. The molecule has 2 aromatic carbocycles. The molecular formula is C23H19BF4N2O. The van der Waals surface area contributed by atoms with Gasteiger partial charge in [0.1, 0.15) is 16.9 Å². The number of halogens is 4. The third-order valence-corrected chi connectivity index (χ3v) is 4.06. The van der Waals surface area contributed by atoms with Gasteiger partial charge in [0, 0.05) is 40.0 Å². The Morgan fingerprint density at radius 2 is 1.23 bits per heavy atom. The predicted molar refractivity (Wildman–Crippen MR) is 112 cm³/mol. The number of hydrogen-bond donors (Lipinski definition) is 0. The molecule has 0 radical (unpaired) electrons. The predicted octanol–water partition coefficient (Wildman–Crippen LogP) is 5.87. The second kappa shape index (κ2) is 9.89. The Balaban J connectivity index is 0.000000491. The SMILES string of the molecule is Cc1ccc[n+](N=c2cc(-c3ccccc3)oc(-c3ccccc3)c2)c1.F[B-](F)(F)F. The zero-order chi connectivity index (χ0) is 22.3. The molecule has 158 valence electrons. The molecule has 3 nitrogen and oxygen atoms in total. The van der Waals surface area contributed by atoms with Gasteiger partial charge in [-0.25, -0.2) is 0 Å². The molecule has 0 aliphatic heterocycles. The van der Waals surface area contributed by atoms with Crippen molar-refractivity contribution in [2.75, 3.05) is 0 Å². The molecule has 0 saturated carbocycles. The Labute approximate surface area is 177 Å². The van der Waals surface area contributed by atoms with E-state index in [1.54, 1.807) is 0 Å². The van der Waals surface area contributed by atoms with Crippen molar-refractivity contribution in [1.29, 1.82) is 0 Å². The maximum Gasteiger partial charge on any atom is 0.673 e. The van der Waals surface area contributed by atoms with E-state index in [1.165, 1.54) is 0 Å². The summed E-state index contributed by atoms with van der Waals surface area (Å²) >= 11 is 0. The van der Waals surface area contributed by atoms with Crippen LogP contribution in [0.3, 0.4) is 0 Å². The zero-order valence-electron chi connectivity index (χ0n) is 16.6. The number of aryl methyl sites for hydroxylation is 1. The average Bonchev–Trinajstić information content (AvgIpc) is 2.74. The van der Waals surface area contributed by atoms with Crippen molar-refractivity contribution < 1.29 is 26.4 Å². The lowest BCUT2D eigenvalue weighted by Crippen LogP contribution is -2.30. The summed E-state index contributed by atoms with van der Waals surface area (Å²) in [5.41, 5.74) is 3.20. The van der Waals surface area contributed by atoms with Crippen LogP contribution in [-0.2, 0) is 0 Å². The highest BCUT2D eigenvalue weighted by atomic mass is 19.5. The van der Waals surface area contributed by atoms with Crippen molar-refractivity contribution in [2.45, 2.75) is 6.92 Å². The van der Waals surface area contributed by atoms with E-state index in [-0.39, 0.29) is 0 Å². The molecule has 0 aliphatic carbocycles. The molecule has 0 fully saturated rings. The molecule has 0 N–H and O–H groups in total. The minimum absolute atomic E-state index is 0.791. The zero-order valence-corrected chi connectivity index (χ0v) is 16.6. The average molecular weight is 426 g/mol. The van der Waals surface area contributed by atoms with E-state index in [0.29, 0.717) is 0 Å². The molecule has 0 unspecified atom stereocenters. The van der Waals surface area contributed by atoms with Crippen LogP contribution in [0.5, 0.6) is 0 Å². The Hall–Kier alpha value is -3.68. The second-order valence-corrected chi connectivity index (χ2v) is 6.63. The summed E-state index contributed by atoms with van der Waals surface area (Å²) in [5.74, 6) is 1.58. The van der Waals surface area contributed by atoms with E-state index < -0.39 is 7.25 Å². The summed E-state index contributed by atoms with van der Waals surface area (Å²) in [7, 11) is -6.00. The van der Waals surface area contributed by atoms with Gasteiger partial charge < -0.3 is 21.7 Å². The second-order valence-electron chi connectivity index (χ2n) is 6.63. The van der Waals surface area contributed by atoms with Crippen molar-refractivity contribution >= 4 is 7.25 Å². The van der Waals surface area contributed by atoms with Crippen LogP contribution >= 0.6 is 0 Å². The van der Waals surface area contributed by atoms with Crippen molar-refractivity contribution in [3.63, 3.8) is 0 Å². The Morgan fingerprint density at radius 3 is 1.68 bits per heavy atom. The number of nitrogens with zero attached hydrogens (tertiary/aromatic N) is 2. The van der Waals surface area contributed by atoms with Gasteiger partial charge in [0.25, 0.3) is 0 Å². The molecular weight excluding hydrogens is 407 g/mol. The molecule has 2 heterocycles. The van der Waals surface area contributed by atoms with Crippen LogP contribution in [0.4, 0.5) is 17.3 Å². The number of hydrogen-bond acceptors (Lipinski definition) is 2. The lowest BCUT2D eigenvalue weighted by atomic mass is 10.1. The highest BCUT2D eigenvalue weighted by Gasteiger charge is 2.20. The number of rotatable bonds is 3. The summed E-state index contributed by atoms with van der Waals surface area (Å²) in [6.07, 6.45) is 3.93. The number of pyridine rings is 1. The van der Waals surface area contributed by atoms with Gasteiger partial charge in [-0.2, -0.15) is 0 Å². The molecule has 0 aliphatic rings. The van der Waals surface area contributed by atoms with E-state index in [2.05, 4.69) is 13.0 Å². The summed E-state index contributed by atoms with van der Waals surface area (Å²) in [5, 5.41) is 5.57. The third kappa shape index (κ3) is 7.26. The lowest BCUT2D eigenvalue weighted by molar-refractivity contribution is -0.683.